The maximum absolute atomic E-state index is 13.6. The first kappa shape index (κ1) is 14.9. The molecule has 2 rings (SSSR count). The standard InChI is InChI=1S/C13H8BrCl3FN/c14-7-4-10(16)13(11(17)5-7)19-6-8-9(15)2-1-3-12(8)18/h1-5,19H,6H2. The highest BCUT2D eigenvalue weighted by Crippen LogP contribution is 2.34. The summed E-state index contributed by atoms with van der Waals surface area (Å²) in [7, 11) is 0. The largest absolute Gasteiger partial charge is 0.378 e. The van der Waals surface area contributed by atoms with Crippen LogP contribution in [0, 0.1) is 5.82 Å². The minimum Gasteiger partial charge on any atom is -0.378 e. The van der Waals surface area contributed by atoms with E-state index < -0.39 is 0 Å². The Balaban J connectivity index is 2.24. The molecule has 0 heterocycles. The van der Waals surface area contributed by atoms with Gasteiger partial charge in [-0.1, -0.05) is 56.8 Å². The lowest BCUT2D eigenvalue weighted by molar-refractivity contribution is 0.613. The van der Waals surface area contributed by atoms with Crippen molar-refractivity contribution in [3.63, 3.8) is 0 Å². The molecule has 0 spiro atoms. The number of benzene rings is 2. The average Bonchev–Trinajstić information content (AvgIpc) is 2.31. The van der Waals surface area contributed by atoms with Gasteiger partial charge in [-0.2, -0.15) is 0 Å². The number of halogens is 5. The van der Waals surface area contributed by atoms with Crippen LogP contribution in [0.2, 0.25) is 15.1 Å². The molecule has 1 nitrogen and oxygen atoms in total. The molecule has 0 bridgehead atoms. The second-order valence-electron chi connectivity index (χ2n) is 3.80. The summed E-state index contributed by atoms with van der Waals surface area (Å²) in [5.74, 6) is -0.371. The van der Waals surface area contributed by atoms with Gasteiger partial charge in [0.2, 0.25) is 0 Å². The van der Waals surface area contributed by atoms with Crippen LogP contribution >= 0.6 is 50.7 Å². The van der Waals surface area contributed by atoms with Crippen molar-refractivity contribution < 1.29 is 4.39 Å². The average molecular weight is 383 g/mol. The van der Waals surface area contributed by atoms with Gasteiger partial charge in [0, 0.05) is 21.6 Å². The van der Waals surface area contributed by atoms with E-state index in [1.165, 1.54) is 6.07 Å². The molecule has 0 fully saturated rings. The molecule has 0 amide bonds. The molecule has 0 radical (unpaired) electrons. The van der Waals surface area contributed by atoms with Gasteiger partial charge in [0.05, 0.1) is 15.7 Å². The monoisotopic (exact) mass is 381 g/mol. The van der Waals surface area contributed by atoms with E-state index in [9.17, 15) is 4.39 Å². The van der Waals surface area contributed by atoms with Crippen LogP contribution in [0.15, 0.2) is 34.8 Å². The highest BCUT2D eigenvalue weighted by Gasteiger charge is 2.10. The summed E-state index contributed by atoms with van der Waals surface area (Å²) in [4.78, 5) is 0. The Morgan fingerprint density at radius 1 is 1.05 bits per heavy atom. The van der Waals surface area contributed by atoms with E-state index in [0.29, 0.717) is 26.3 Å². The van der Waals surface area contributed by atoms with E-state index in [1.54, 1.807) is 24.3 Å². The van der Waals surface area contributed by atoms with Crippen LogP contribution in [-0.4, -0.2) is 0 Å². The Labute approximate surface area is 133 Å². The molecule has 1 N–H and O–H groups in total. The maximum atomic E-state index is 13.6. The Morgan fingerprint density at radius 3 is 2.26 bits per heavy atom. The fourth-order valence-electron chi connectivity index (χ4n) is 1.59. The van der Waals surface area contributed by atoms with Crippen molar-refractivity contribution in [2.45, 2.75) is 6.54 Å². The number of anilines is 1. The lowest BCUT2D eigenvalue weighted by Crippen LogP contribution is -2.03. The second-order valence-corrected chi connectivity index (χ2v) is 5.94. The molecular weight excluding hydrogens is 375 g/mol. The summed E-state index contributed by atoms with van der Waals surface area (Å²) in [6.45, 7) is 0.201. The van der Waals surface area contributed by atoms with E-state index in [-0.39, 0.29) is 12.4 Å². The third kappa shape index (κ3) is 3.54. The van der Waals surface area contributed by atoms with Gasteiger partial charge in [0.15, 0.2) is 0 Å². The molecule has 0 aliphatic heterocycles. The van der Waals surface area contributed by atoms with E-state index >= 15 is 0 Å². The fourth-order valence-corrected chi connectivity index (χ4v) is 3.16. The first-order valence-corrected chi connectivity index (χ1v) is 7.23. The third-order valence-electron chi connectivity index (χ3n) is 2.51. The predicted octanol–water partition coefficient (Wildman–Crippen LogP) is 6.16. The fraction of sp³-hybridized carbons (Fsp3) is 0.0769. The molecule has 2 aromatic carbocycles. The number of hydrogen-bond acceptors (Lipinski definition) is 1. The maximum Gasteiger partial charge on any atom is 0.129 e. The number of rotatable bonds is 3. The topological polar surface area (TPSA) is 12.0 Å². The normalized spacial score (nSPS) is 10.6. The molecule has 0 unspecified atom stereocenters. The van der Waals surface area contributed by atoms with E-state index in [0.717, 1.165) is 4.47 Å². The summed E-state index contributed by atoms with van der Waals surface area (Å²) in [6, 6.07) is 7.96. The van der Waals surface area contributed by atoms with Gasteiger partial charge in [-0.05, 0) is 24.3 Å². The lowest BCUT2D eigenvalue weighted by atomic mass is 10.2. The molecule has 19 heavy (non-hydrogen) atoms. The molecule has 2 aromatic rings. The van der Waals surface area contributed by atoms with Gasteiger partial charge >= 0.3 is 0 Å². The minimum atomic E-state index is -0.371. The smallest absolute Gasteiger partial charge is 0.129 e. The predicted molar refractivity (Wildman–Crippen MR) is 82.9 cm³/mol. The van der Waals surface area contributed by atoms with Crippen molar-refractivity contribution >= 4 is 56.4 Å². The van der Waals surface area contributed by atoms with E-state index in [1.807, 2.05) is 0 Å². The zero-order valence-electron chi connectivity index (χ0n) is 9.48. The summed E-state index contributed by atoms with van der Waals surface area (Å²) < 4.78 is 14.4. The van der Waals surface area contributed by atoms with Crippen LogP contribution in [0.4, 0.5) is 10.1 Å². The molecule has 0 atom stereocenters. The van der Waals surface area contributed by atoms with Gasteiger partial charge in [-0.25, -0.2) is 4.39 Å². The summed E-state index contributed by atoms with van der Waals surface area (Å²) in [6.07, 6.45) is 0. The molecular formula is C13H8BrCl3FN. The summed E-state index contributed by atoms with van der Waals surface area (Å²) >= 11 is 21.4. The van der Waals surface area contributed by atoms with Gasteiger partial charge in [-0.15, -0.1) is 0 Å². The van der Waals surface area contributed by atoms with Gasteiger partial charge < -0.3 is 5.32 Å². The highest BCUT2D eigenvalue weighted by atomic mass is 79.9. The zero-order chi connectivity index (χ0) is 14.0. The molecule has 0 aliphatic carbocycles. The Bertz CT molecular complexity index is 576. The minimum absolute atomic E-state index is 0.201. The van der Waals surface area contributed by atoms with Crippen LogP contribution in [0.3, 0.4) is 0 Å². The molecule has 0 aliphatic rings. The quantitative estimate of drug-likeness (QED) is 0.669. The van der Waals surface area contributed by atoms with Crippen molar-refractivity contribution in [2.75, 3.05) is 5.32 Å². The van der Waals surface area contributed by atoms with Crippen molar-refractivity contribution in [1.29, 1.82) is 0 Å². The molecule has 0 aromatic heterocycles. The van der Waals surface area contributed by atoms with Crippen LogP contribution < -0.4 is 5.32 Å². The highest BCUT2D eigenvalue weighted by molar-refractivity contribution is 9.10. The van der Waals surface area contributed by atoms with Crippen LogP contribution in [0.25, 0.3) is 0 Å². The first-order chi connectivity index (χ1) is 8.99. The van der Waals surface area contributed by atoms with Crippen molar-refractivity contribution in [3.05, 3.63) is 61.3 Å². The zero-order valence-corrected chi connectivity index (χ0v) is 13.3. The summed E-state index contributed by atoms with van der Waals surface area (Å²) in [5, 5.41) is 4.26. The van der Waals surface area contributed by atoms with Crippen molar-refractivity contribution in [3.8, 4) is 0 Å². The summed E-state index contributed by atoms with van der Waals surface area (Å²) in [5.41, 5.74) is 0.921. The van der Waals surface area contributed by atoms with Crippen LogP contribution in [-0.2, 0) is 6.54 Å². The van der Waals surface area contributed by atoms with Crippen molar-refractivity contribution in [2.24, 2.45) is 0 Å². The number of hydrogen-bond donors (Lipinski definition) is 1. The molecule has 100 valence electrons. The van der Waals surface area contributed by atoms with Crippen LogP contribution in [0.5, 0.6) is 0 Å². The van der Waals surface area contributed by atoms with Gasteiger partial charge in [-0.3, -0.25) is 0 Å². The molecule has 0 saturated carbocycles. The first-order valence-electron chi connectivity index (χ1n) is 5.30. The van der Waals surface area contributed by atoms with E-state index in [2.05, 4.69) is 21.2 Å². The Hall–Kier alpha value is -0.480. The lowest BCUT2D eigenvalue weighted by Gasteiger charge is -2.12. The second kappa shape index (κ2) is 6.31. The third-order valence-corrected chi connectivity index (χ3v) is 3.92. The van der Waals surface area contributed by atoms with Gasteiger partial charge in [0.25, 0.3) is 0 Å². The Kier molecular flexibility index (Phi) is 4.96. The number of nitrogens with one attached hydrogen (secondary N) is 1. The molecule has 0 saturated heterocycles. The van der Waals surface area contributed by atoms with Crippen LogP contribution in [0.1, 0.15) is 5.56 Å². The van der Waals surface area contributed by atoms with Gasteiger partial charge in [0.1, 0.15) is 5.82 Å². The Morgan fingerprint density at radius 2 is 1.68 bits per heavy atom. The van der Waals surface area contributed by atoms with E-state index in [4.69, 9.17) is 34.8 Å². The SMILES string of the molecule is Fc1cccc(Cl)c1CNc1c(Cl)cc(Br)cc1Cl. The van der Waals surface area contributed by atoms with Crippen molar-refractivity contribution in [1.82, 2.24) is 0 Å². The molecule has 6 heteroatoms.